The van der Waals surface area contributed by atoms with E-state index < -0.39 is 30.3 Å². The summed E-state index contributed by atoms with van der Waals surface area (Å²) in [5, 5.41) is 0. The van der Waals surface area contributed by atoms with Crippen molar-refractivity contribution < 1.29 is 43.9 Å². The van der Waals surface area contributed by atoms with Crippen LogP contribution < -0.4 is 0 Å². The topological polar surface area (TPSA) is 0 Å². The highest BCUT2D eigenvalue weighted by Crippen LogP contribution is 2.75. The summed E-state index contributed by atoms with van der Waals surface area (Å²) in [5.74, 6) is 0. The third-order valence-corrected chi connectivity index (χ3v) is 5.34. The standard InChI is InChI=1S/C4BrF10P/c5-16(3(12,13)1(6,7)8)4(14,15)2(9,10)11. The first-order valence-electron chi connectivity index (χ1n) is 3.01. The molecule has 0 radical (unpaired) electrons. The summed E-state index contributed by atoms with van der Waals surface area (Å²) in [6.45, 7) is -5.15. The van der Waals surface area contributed by atoms with Gasteiger partial charge >= 0.3 is 23.7 Å². The molecule has 0 heterocycles. The zero-order valence-corrected chi connectivity index (χ0v) is 9.09. The summed E-state index contributed by atoms with van der Waals surface area (Å²) < 4.78 is 118. The molecule has 0 atom stereocenters. The van der Waals surface area contributed by atoms with Crippen molar-refractivity contribution in [2.75, 3.05) is 0 Å². The summed E-state index contributed by atoms with van der Waals surface area (Å²) in [6.07, 6.45) is -13.0. The van der Waals surface area contributed by atoms with E-state index in [1.807, 2.05) is 0 Å². The Morgan fingerprint density at radius 1 is 0.562 bits per heavy atom. The van der Waals surface area contributed by atoms with E-state index in [-0.39, 0.29) is 0 Å². The van der Waals surface area contributed by atoms with Gasteiger partial charge in [0, 0.05) is 0 Å². The third-order valence-electron chi connectivity index (χ3n) is 1.18. The van der Waals surface area contributed by atoms with Crippen molar-refractivity contribution >= 4 is 22.1 Å². The zero-order valence-electron chi connectivity index (χ0n) is 6.60. The van der Waals surface area contributed by atoms with Crippen LogP contribution in [0.3, 0.4) is 0 Å². The minimum Gasteiger partial charge on any atom is -0.190 e. The molecular weight excluding hydrogens is 349 g/mol. The molecule has 0 saturated carbocycles. The lowest BCUT2D eigenvalue weighted by molar-refractivity contribution is -0.260. The minimum absolute atomic E-state index is 1.12. The van der Waals surface area contributed by atoms with Crippen molar-refractivity contribution in [3.05, 3.63) is 0 Å². The van der Waals surface area contributed by atoms with Crippen molar-refractivity contribution in [3.8, 4) is 0 Å². The van der Waals surface area contributed by atoms with E-state index >= 15 is 0 Å². The van der Waals surface area contributed by atoms with E-state index in [0.717, 1.165) is 15.5 Å². The van der Waals surface area contributed by atoms with Crippen LogP contribution in [-0.2, 0) is 0 Å². The first-order chi connectivity index (χ1) is 6.65. The molecule has 0 nitrogen and oxygen atoms in total. The molecule has 0 spiro atoms. The van der Waals surface area contributed by atoms with Crippen LogP contribution >= 0.6 is 22.1 Å². The molecule has 0 N–H and O–H groups in total. The van der Waals surface area contributed by atoms with Gasteiger partial charge in [-0.05, 0) is 15.5 Å². The summed E-state index contributed by atoms with van der Waals surface area (Å²) >= 11 is 1.12. The van der Waals surface area contributed by atoms with Crippen LogP contribution in [0.1, 0.15) is 0 Å². The molecule has 0 rings (SSSR count). The Kier molecular flexibility index (Phi) is 4.20. The van der Waals surface area contributed by atoms with Gasteiger partial charge in [0.05, 0.1) is 0 Å². The maximum Gasteiger partial charge on any atom is 0.458 e. The van der Waals surface area contributed by atoms with Gasteiger partial charge in [-0.1, -0.05) is 0 Å². The van der Waals surface area contributed by atoms with Crippen molar-refractivity contribution in [1.29, 1.82) is 0 Å². The summed E-state index contributed by atoms with van der Waals surface area (Å²) in [5.41, 5.74) is -12.3. The highest BCUT2D eigenvalue weighted by Gasteiger charge is 2.75. The van der Waals surface area contributed by atoms with Crippen LogP contribution in [0, 0.1) is 0 Å². The van der Waals surface area contributed by atoms with Crippen molar-refractivity contribution in [1.82, 2.24) is 0 Å². The van der Waals surface area contributed by atoms with Crippen molar-refractivity contribution in [3.63, 3.8) is 0 Å². The van der Waals surface area contributed by atoms with Gasteiger partial charge in [0.25, 0.3) is 0 Å². The highest BCUT2D eigenvalue weighted by molar-refractivity contribution is 9.39. The second-order valence-corrected chi connectivity index (χ2v) is 6.17. The molecule has 0 aliphatic heterocycles. The van der Waals surface area contributed by atoms with E-state index in [0.29, 0.717) is 0 Å². The largest absolute Gasteiger partial charge is 0.458 e. The molecule has 0 amide bonds. The van der Waals surface area contributed by atoms with Gasteiger partial charge in [-0.25, -0.2) is 0 Å². The van der Waals surface area contributed by atoms with Gasteiger partial charge in [0.15, 0.2) is 0 Å². The number of hydrogen-bond donors (Lipinski definition) is 0. The fourth-order valence-corrected chi connectivity index (χ4v) is 2.40. The Hall–Kier alpha value is 0.210. The average molecular weight is 349 g/mol. The Morgan fingerprint density at radius 2 is 0.750 bits per heavy atom. The van der Waals surface area contributed by atoms with E-state index in [9.17, 15) is 43.9 Å². The van der Waals surface area contributed by atoms with Crippen LogP contribution in [0.2, 0.25) is 0 Å². The van der Waals surface area contributed by atoms with Crippen LogP contribution in [0.15, 0.2) is 0 Å². The van der Waals surface area contributed by atoms with Gasteiger partial charge < -0.3 is 0 Å². The first-order valence-corrected chi connectivity index (χ1v) is 6.37. The van der Waals surface area contributed by atoms with Gasteiger partial charge in [-0.2, -0.15) is 43.9 Å². The summed E-state index contributed by atoms with van der Waals surface area (Å²) in [6, 6.07) is 0. The van der Waals surface area contributed by atoms with Crippen molar-refractivity contribution in [2.24, 2.45) is 0 Å². The molecular formula is C4BrF10P. The van der Waals surface area contributed by atoms with E-state index in [1.165, 1.54) is 0 Å². The number of alkyl halides is 10. The summed E-state index contributed by atoms with van der Waals surface area (Å²) in [7, 11) is 0. The molecule has 0 bridgehead atoms. The zero-order chi connectivity index (χ0) is 13.6. The van der Waals surface area contributed by atoms with Gasteiger partial charge in [0.2, 0.25) is 0 Å². The van der Waals surface area contributed by atoms with Crippen LogP contribution in [0.25, 0.3) is 0 Å². The molecule has 0 aromatic carbocycles. The monoisotopic (exact) mass is 348 g/mol. The molecule has 0 fully saturated rings. The van der Waals surface area contributed by atoms with Crippen LogP contribution in [0.4, 0.5) is 43.9 Å². The number of hydrogen-bond acceptors (Lipinski definition) is 0. The van der Waals surface area contributed by atoms with Crippen LogP contribution in [0.5, 0.6) is 0 Å². The van der Waals surface area contributed by atoms with Crippen LogP contribution in [-0.4, -0.2) is 23.7 Å². The Morgan fingerprint density at radius 3 is 0.875 bits per heavy atom. The molecule has 0 aliphatic carbocycles. The molecule has 0 saturated heterocycles. The second kappa shape index (κ2) is 4.15. The average Bonchev–Trinajstić information content (AvgIpc) is 1.98. The molecule has 98 valence electrons. The Labute approximate surface area is 90.5 Å². The molecule has 12 heteroatoms. The maximum atomic E-state index is 12.2. The SMILES string of the molecule is FC(F)(F)C(F)(F)P(Br)C(F)(F)C(F)(F)F. The third kappa shape index (κ3) is 2.72. The lowest BCUT2D eigenvalue weighted by atomic mass is 10.7. The quantitative estimate of drug-likeness (QED) is 0.481. The van der Waals surface area contributed by atoms with E-state index in [2.05, 4.69) is 0 Å². The first kappa shape index (κ1) is 16.2. The fraction of sp³-hybridized carbons (Fsp3) is 1.00. The molecule has 16 heavy (non-hydrogen) atoms. The van der Waals surface area contributed by atoms with Crippen molar-refractivity contribution in [2.45, 2.75) is 23.7 Å². The molecule has 0 aromatic heterocycles. The minimum atomic E-state index is -6.49. The lowest BCUT2D eigenvalue weighted by Crippen LogP contribution is -2.43. The predicted molar refractivity (Wildman–Crippen MR) is 37.9 cm³/mol. The lowest BCUT2D eigenvalue weighted by Gasteiger charge is -2.31. The highest BCUT2D eigenvalue weighted by atomic mass is 79.9. The molecule has 0 aliphatic rings. The number of rotatable bonds is 2. The second-order valence-electron chi connectivity index (χ2n) is 2.36. The smallest absolute Gasteiger partial charge is 0.190 e. The number of halogens is 11. The predicted octanol–water partition coefficient (Wildman–Crippen LogP) is 5.09. The normalized spacial score (nSPS) is 15.8. The Bertz CT molecular complexity index is 227. The summed E-state index contributed by atoms with van der Waals surface area (Å²) in [4.78, 5) is 0. The maximum absolute atomic E-state index is 12.2. The molecule has 0 aromatic rings. The van der Waals surface area contributed by atoms with E-state index in [4.69, 9.17) is 0 Å². The van der Waals surface area contributed by atoms with Gasteiger partial charge in [-0.15, -0.1) is 0 Å². The van der Waals surface area contributed by atoms with E-state index in [1.54, 1.807) is 0 Å². The fourth-order valence-electron chi connectivity index (χ4n) is 0.399. The molecule has 0 unspecified atom stereocenters. The Balaban J connectivity index is 5.30. The van der Waals surface area contributed by atoms with Gasteiger partial charge in [0.1, 0.15) is 6.62 Å². The van der Waals surface area contributed by atoms with Gasteiger partial charge in [-0.3, -0.25) is 0 Å².